The summed E-state index contributed by atoms with van der Waals surface area (Å²) in [7, 11) is 0. The average molecular weight is 403 g/mol. The third-order valence-corrected chi connectivity index (χ3v) is 5.30. The van der Waals surface area contributed by atoms with Gasteiger partial charge in [0.25, 0.3) is 11.8 Å². The molecule has 1 aromatic heterocycles. The number of imide groups is 2. The predicted octanol–water partition coefficient (Wildman–Crippen LogP) is 2.92. The smallest absolute Gasteiger partial charge is 0.273 e. The third kappa shape index (κ3) is 4.35. The van der Waals surface area contributed by atoms with Crippen molar-refractivity contribution in [3.8, 4) is 11.4 Å². The molecular formula is C23H23N4O3+. The van der Waals surface area contributed by atoms with Crippen LogP contribution in [0.15, 0.2) is 59.9 Å². The van der Waals surface area contributed by atoms with Crippen LogP contribution in [0.3, 0.4) is 0 Å². The molecule has 2 heterocycles. The molecule has 0 bridgehead atoms. The van der Waals surface area contributed by atoms with Gasteiger partial charge in [0.05, 0.1) is 17.3 Å². The Morgan fingerprint density at radius 1 is 1.13 bits per heavy atom. The van der Waals surface area contributed by atoms with Crippen molar-refractivity contribution in [3.05, 3.63) is 65.5 Å². The summed E-state index contributed by atoms with van der Waals surface area (Å²) in [6.07, 6.45) is 11.9. The Morgan fingerprint density at radius 3 is 2.67 bits per heavy atom. The van der Waals surface area contributed by atoms with E-state index in [0.29, 0.717) is 17.8 Å². The van der Waals surface area contributed by atoms with Crippen molar-refractivity contribution in [2.75, 3.05) is 6.54 Å². The maximum atomic E-state index is 12.8. The number of hydrogen-bond acceptors (Lipinski definition) is 4. The van der Waals surface area contributed by atoms with Crippen LogP contribution >= 0.6 is 0 Å². The number of aromatic amines is 1. The molecule has 1 saturated heterocycles. The lowest BCUT2D eigenvalue weighted by Gasteiger charge is -2.27. The Hall–Kier alpha value is -3.61. The van der Waals surface area contributed by atoms with E-state index >= 15 is 0 Å². The van der Waals surface area contributed by atoms with Crippen molar-refractivity contribution >= 4 is 23.9 Å². The quantitative estimate of drug-likeness (QED) is 0.472. The number of H-pyrrole nitrogens is 1. The van der Waals surface area contributed by atoms with Crippen LogP contribution in [0, 0.1) is 0 Å². The summed E-state index contributed by atoms with van der Waals surface area (Å²) in [6, 6.07) is 8.96. The van der Waals surface area contributed by atoms with Gasteiger partial charge in [-0.15, -0.1) is 0 Å². The summed E-state index contributed by atoms with van der Waals surface area (Å²) >= 11 is 0. The molecule has 1 aliphatic heterocycles. The van der Waals surface area contributed by atoms with E-state index in [2.05, 4.69) is 21.4 Å². The predicted molar refractivity (Wildman–Crippen MR) is 111 cm³/mol. The fraction of sp³-hybridized carbons (Fsp3) is 0.261. The maximum absolute atomic E-state index is 12.8. The van der Waals surface area contributed by atoms with Gasteiger partial charge in [-0.25, -0.2) is 9.78 Å². The molecule has 7 nitrogen and oxygen atoms in total. The minimum absolute atomic E-state index is 0.0742. The fourth-order valence-corrected chi connectivity index (χ4v) is 3.65. The molecule has 0 radical (unpaired) electrons. The van der Waals surface area contributed by atoms with Crippen LogP contribution in [0.5, 0.6) is 0 Å². The van der Waals surface area contributed by atoms with Gasteiger partial charge in [0.2, 0.25) is 0 Å². The van der Waals surface area contributed by atoms with Gasteiger partial charge in [0, 0.05) is 6.54 Å². The number of aromatic nitrogens is 2. The fourth-order valence-electron chi connectivity index (χ4n) is 3.65. The largest absolute Gasteiger partial charge is 0.331 e. The SMILES string of the molecule is O=C1NC(=O)N(CCC2=CCCCC2)C(=O)/C1=C/c1cnc(-c2ccccc2)[nH+]c1. The minimum atomic E-state index is -0.690. The van der Waals surface area contributed by atoms with Crippen molar-refractivity contribution in [1.82, 2.24) is 15.2 Å². The number of urea groups is 1. The van der Waals surface area contributed by atoms with Crippen molar-refractivity contribution in [2.45, 2.75) is 32.1 Å². The lowest BCUT2D eigenvalue weighted by molar-refractivity contribution is -0.369. The number of rotatable bonds is 5. The van der Waals surface area contributed by atoms with E-state index in [-0.39, 0.29) is 12.1 Å². The molecule has 7 heteroatoms. The normalized spacial score (nSPS) is 18.4. The minimum Gasteiger partial charge on any atom is -0.273 e. The Balaban J connectivity index is 1.51. The first-order valence-electron chi connectivity index (χ1n) is 10.1. The summed E-state index contributed by atoms with van der Waals surface area (Å²) < 4.78 is 0. The standard InChI is InChI=1S/C23H22N4O3/c28-21-19(13-17-14-24-20(25-15-17)18-9-5-2-6-10-18)22(29)27(23(30)26-21)12-11-16-7-3-1-4-8-16/h2,5-7,9-10,13-15H,1,3-4,8,11-12H2,(H,26,28,30)/p+1/b19-13+. The van der Waals surface area contributed by atoms with Gasteiger partial charge < -0.3 is 0 Å². The lowest BCUT2D eigenvalue weighted by Crippen LogP contribution is -2.54. The first kappa shape index (κ1) is 19.7. The lowest BCUT2D eigenvalue weighted by atomic mass is 9.97. The molecule has 4 amide bonds. The number of hydrogen-bond donors (Lipinski definition) is 1. The van der Waals surface area contributed by atoms with Crippen LogP contribution in [-0.2, 0) is 9.59 Å². The number of amides is 4. The van der Waals surface area contributed by atoms with E-state index < -0.39 is 17.8 Å². The van der Waals surface area contributed by atoms with Crippen molar-refractivity contribution in [3.63, 3.8) is 0 Å². The van der Waals surface area contributed by atoms with E-state index in [1.54, 1.807) is 12.4 Å². The summed E-state index contributed by atoms with van der Waals surface area (Å²) in [6.45, 7) is 0.262. The zero-order valence-corrected chi connectivity index (χ0v) is 16.6. The van der Waals surface area contributed by atoms with Gasteiger partial charge in [-0.2, -0.15) is 0 Å². The molecule has 1 fully saturated rings. The third-order valence-electron chi connectivity index (χ3n) is 5.30. The highest BCUT2D eigenvalue weighted by atomic mass is 16.2. The van der Waals surface area contributed by atoms with Gasteiger partial charge >= 0.3 is 11.9 Å². The van der Waals surface area contributed by atoms with Crippen LogP contribution in [0.1, 0.15) is 37.7 Å². The van der Waals surface area contributed by atoms with E-state index in [0.717, 1.165) is 29.7 Å². The number of allylic oxidation sites excluding steroid dienone is 1. The molecule has 0 saturated carbocycles. The number of carbonyl (C=O) groups excluding carboxylic acids is 3. The molecule has 152 valence electrons. The molecule has 1 aromatic carbocycles. The Kier molecular flexibility index (Phi) is 5.79. The van der Waals surface area contributed by atoms with Crippen LogP contribution in [0.4, 0.5) is 4.79 Å². The monoisotopic (exact) mass is 403 g/mol. The molecule has 4 rings (SSSR count). The van der Waals surface area contributed by atoms with Gasteiger partial charge in [0.15, 0.2) is 6.20 Å². The molecule has 1 aliphatic carbocycles. The summed E-state index contributed by atoms with van der Waals surface area (Å²) in [5, 5.41) is 2.26. The summed E-state index contributed by atoms with van der Waals surface area (Å²) in [5.74, 6) is -0.590. The molecule has 0 spiro atoms. The number of nitrogens with zero attached hydrogens (tertiary/aromatic N) is 2. The number of nitrogens with one attached hydrogen (secondary N) is 2. The molecule has 2 aromatic rings. The van der Waals surface area contributed by atoms with Crippen molar-refractivity contribution < 1.29 is 19.4 Å². The summed E-state index contributed by atoms with van der Waals surface area (Å²) in [4.78, 5) is 45.9. The number of barbiturate groups is 1. The number of carbonyl (C=O) groups is 3. The van der Waals surface area contributed by atoms with Crippen LogP contribution < -0.4 is 10.3 Å². The van der Waals surface area contributed by atoms with Crippen molar-refractivity contribution in [2.24, 2.45) is 0 Å². The van der Waals surface area contributed by atoms with Crippen LogP contribution in [-0.4, -0.2) is 34.3 Å². The average Bonchev–Trinajstić information content (AvgIpc) is 2.78. The van der Waals surface area contributed by atoms with Crippen molar-refractivity contribution in [1.29, 1.82) is 0 Å². The second kappa shape index (κ2) is 8.82. The molecule has 30 heavy (non-hydrogen) atoms. The topological polar surface area (TPSA) is 93.5 Å². The first-order chi connectivity index (χ1) is 14.6. The van der Waals surface area contributed by atoms with Gasteiger partial charge in [0.1, 0.15) is 5.57 Å². The Morgan fingerprint density at radius 2 is 1.97 bits per heavy atom. The molecule has 0 unspecified atom stereocenters. The van der Waals surface area contributed by atoms with Crippen LogP contribution in [0.25, 0.3) is 17.5 Å². The maximum Gasteiger partial charge on any atom is 0.331 e. The molecule has 2 aliphatic rings. The Labute approximate surface area is 174 Å². The van der Waals surface area contributed by atoms with Crippen LogP contribution in [0.2, 0.25) is 0 Å². The second-order valence-electron chi connectivity index (χ2n) is 7.39. The first-order valence-corrected chi connectivity index (χ1v) is 10.1. The van der Waals surface area contributed by atoms with Gasteiger partial charge in [-0.05, 0) is 55.3 Å². The highest BCUT2D eigenvalue weighted by Gasteiger charge is 2.35. The van der Waals surface area contributed by atoms with E-state index in [4.69, 9.17) is 0 Å². The number of benzene rings is 1. The molecular weight excluding hydrogens is 380 g/mol. The second-order valence-corrected chi connectivity index (χ2v) is 7.39. The summed E-state index contributed by atoms with van der Waals surface area (Å²) in [5.41, 5.74) is 2.68. The van der Waals surface area contributed by atoms with E-state index in [1.165, 1.54) is 18.1 Å². The van der Waals surface area contributed by atoms with Gasteiger partial charge in [-0.3, -0.25) is 19.8 Å². The zero-order valence-electron chi connectivity index (χ0n) is 16.6. The highest BCUT2D eigenvalue weighted by Crippen LogP contribution is 2.22. The van der Waals surface area contributed by atoms with E-state index in [1.807, 2.05) is 30.3 Å². The Bertz CT molecular complexity index is 1030. The zero-order chi connectivity index (χ0) is 20.9. The molecule has 0 atom stereocenters. The molecule has 2 N–H and O–H groups in total. The van der Waals surface area contributed by atoms with Gasteiger partial charge in [-0.1, -0.05) is 29.8 Å². The van der Waals surface area contributed by atoms with E-state index in [9.17, 15) is 14.4 Å². The highest BCUT2D eigenvalue weighted by molar-refractivity contribution is 6.30.